The average Bonchev–Trinajstić information content (AvgIpc) is 2.50. The predicted octanol–water partition coefficient (Wildman–Crippen LogP) is 3.22. The lowest BCUT2D eigenvalue weighted by Crippen LogP contribution is -2.45. The van der Waals surface area contributed by atoms with Crippen molar-refractivity contribution in [2.24, 2.45) is 11.8 Å². The van der Waals surface area contributed by atoms with E-state index in [0.717, 1.165) is 18.4 Å². The first-order valence-corrected chi connectivity index (χ1v) is 8.05. The quantitative estimate of drug-likeness (QED) is 0.667. The first-order chi connectivity index (χ1) is 10.9. The molecular weight excluding hydrogens is 296 g/mol. The number of carbonyl (C=O) groups excluding carboxylic acids is 1. The molecule has 1 aromatic rings. The van der Waals surface area contributed by atoms with Gasteiger partial charge in [-0.2, -0.15) is 0 Å². The van der Waals surface area contributed by atoms with Gasteiger partial charge in [-0.05, 0) is 36.8 Å². The Hall–Kier alpha value is -2.11. The molecule has 1 N–H and O–H groups in total. The summed E-state index contributed by atoms with van der Waals surface area (Å²) in [6, 6.07) is 4.86. The molecule has 0 aliphatic heterocycles. The molecule has 126 valence electrons. The van der Waals surface area contributed by atoms with Crippen molar-refractivity contribution in [2.75, 3.05) is 6.61 Å². The van der Waals surface area contributed by atoms with Crippen molar-refractivity contribution < 1.29 is 14.5 Å². The number of nitrogens with zero attached hydrogens (tertiary/aromatic N) is 1. The van der Waals surface area contributed by atoms with Crippen LogP contribution < -0.4 is 10.1 Å². The molecule has 1 fully saturated rings. The minimum atomic E-state index is -0.495. The van der Waals surface area contributed by atoms with Gasteiger partial charge in [0.1, 0.15) is 0 Å². The van der Waals surface area contributed by atoms with E-state index in [1.165, 1.54) is 18.6 Å². The molecule has 0 spiro atoms. The molecule has 3 atom stereocenters. The largest absolute Gasteiger partial charge is 0.477 e. The average molecular weight is 320 g/mol. The molecule has 0 saturated heterocycles. The Balaban J connectivity index is 1.93. The second kappa shape index (κ2) is 7.44. The van der Waals surface area contributed by atoms with Crippen molar-refractivity contribution in [3.8, 4) is 5.75 Å². The fourth-order valence-electron chi connectivity index (χ4n) is 3.07. The number of rotatable bonds is 5. The van der Waals surface area contributed by atoms with E-state index in [-0.39, 0.29) is 30.0 Å². The molecule has 0 radical (unpaired) electrons. The van der Waals surface area contributed by atoms with Crippen molar-refractivity contribution in [3.05, 3.63) is 33.9 Å². The Morgan fingerprint density at radius 2 is 2.13 bits per heavy atom. The summed E-state index contributed by atoms with van der Waals surface area (Å²) < 4.78 is 5.37. The van der Waals surface area contributed by atoms with E-state index in [0.29, 0.717) is 11.8 Å². The highest BCUT2D eigenvalue weighted by Gasteiger charge is 2.28. The van der Waals surface area contributed by atoms with Crippen LogP contribution in [-0.4, -0.2) is 23.5 Å². The summed E-state index contributed by atoms with van der Waals surface area (Å²) in [5.74, 6) is 0.918. The Labute approximate surface area is 136 Å². The van der Waals surface area contributed by atoms with Gasteiger partial charge in [-0.25, -0.2) is 0 Å². The summed E-state index contributed by atoms with van der Waals surface area (Å²) in [5, 5.41) is 14.0. The molecule has 1 aliphatic carbocycles. The van der Waals surface area contributed by atoms with Gasteiger partial charge < -0.3 is 10.1 Å². The van der Waals surface area contributed by atoms with Gasteiger partial charge in [0.05, 0.1) is 4.92 Å². The van der Waals surface area contributed by atoms with Gasteiger partial charge in [-0.1, -0.05) is 32.8 Å². The molecule has 0 heterocycles. The topological polar surface area (TPSA) is 81.5 Å². The highest BCUT2D eigenvalue weighted by molar-refractivity contribution is 5.78. The summed E-state index contributed by atoms with van der Waals surface area (Å²) in [5.41, 5.74) is 0.663. The molecule has 0 bridgehead atoms. The Morgan fingerprint density at radius 1 is 1.39 bits per heavy atom. The summed E-state index contributed by atoms with van der Waals surface area (Å²) in [7, 11) is 0. The predicted molar refractivity (Wildman–Crippen MR) is 87.4 cm³/mol. The third-order valence-electron chi connectivity index (χ3n) is 4.72. The van der Waals surface area contributed by atoms with Crippen LogP contribution in [0, 0.1) is 28.9 Å². The Kier molecular flexibility index (Phi) is 5.58. The fraction of sp³-hybridized carbons (Fsp3) is 0.588. The zero-order valence-corrected chi connectivity index (χ0v) is 13.9. The zero-order chi connectivity index (χ0) is 17.0. The maximum atomic E-state index is 12.1. The number of nitro benzene ring substituents is 1. The van der Waals surface area contributed by atoms with E-state index < -0.39 is 4.92 Å². The minimum Gasteiger partial charge on any atom is -0.477 e. The van der Waals surface area contributed by atoms with Crippen LogP contribution in [0.2, 0.25) is 0 Å². The number of hydrogen-bond acceptors (Lipinski definition) is 4. The number of amides is 1. The standard InChI is InChI=1S/C17H24N2O4/c1-11-7-8-16(15(9-11)19(21)22)23-10-17(20)18-14-6-4-5-12(2)13(14)3/h7-9,12-14H,4-6,10H2,1-3H3,(H,18,20)/t12-,13-,14-/m1/s1. The molecule has 23 heavy (non-hydrogen) atoms. The smallest absolute Gasteiger partial charge is 0.311 e. The maximum absolute atomic E-state index is 12.1. The third kappa shape index (κ3) is 4.43. The van der Waals surface area contributed by atoms with E-state index in [2.05, 4.69) is 19.2 Å². The first kappa shape index (κ1) is 17.2. The van der Waals surface area contributed by atoms with Gasteiger partial charge in [0.25, 0.3) is 5.91 Å². The highest BCUT2D eigenvalue weighted by Crippen LogP contribution is 2.30. The number of benzene rings is 1. The molecule has 0 aromatic heterocycles. The van der Waals surface area contributed by atoms with Crippen LogP contribution >= 0.6 is 0 Å². The molecule has 1 amide bonds. The molecule has 0 unspecified atom stereocenters. The lowest BCUT2D eigenvalue weighted by molar-refractivity contribution is -0.385. The van der Waals surface area contributed by atoms with Gasteiger partial charge in [-0.15, -0.1) is 0 Å². The summed E-state index contributed by atoms with van der Waals surface area (Å²) in [4.78, 5) is 22.6. The van der Waals surface area contributed by atoms with Crippen molar-refractivity contribution in [1.82, 2.24) is 5.32 Å². The fourth-order valence-corrected chi connectivity index (χ4v) is 3.07. The third-order valence-corrected chi connectivity index (χ3v) is 4.72. The van der Waals surface area contributed by atoms with Gasteiger partial charge >= 0.3 is 5.69 Å². The van der Waals surface area contributed by atoms with Crippen molar-refractivity contribution in [3.63, 3.8) is 0 Å². The van der Waals surface area contributed by atoms with E-state index in [1.54, 1.807) is 13.0 Å². The van der Waals surface area contributed by atoms with E-state index in [4.69, 9.17) is 4.74 Å². The van der Waals surface area contributed by atoms with Crippen molar-refractivity contribution in [1.29, 1.82) is 0 Å². The number of carbonyl (C=O) groups is 1. The second-order valence-electron chi connectivity index (χ2n) is 6.46. The van der Waals surface area contributed by atoms with E-state index >= 15 is 0 Å². The first-order valence-electron chi connectivity index (χ1n) is 8.05. The molecule has 1 aliphatic rings. The second-order valence-corrected chi connectivity index (χ2v) is 6.46. The SMILES string of the molecule is Cc1ccc(OCC(=O)N[C@@H]2CCC[C@@H](C)[C@H]2C)c([N+](=O)[O-])c1. The van der Waals surface area contributed by atoms with Crippen LogP contribution in [0.3, 0.4) is 0 Å². The van der Waals surface area contributed by atoms with Crippen LogP contribution in [0.5, 0.6) is 5.75 Å². The minimum absolute atomic E-state index is 0.113. The van der Waals surface area contributed by atoms with Crippen LogP contribution in [0.15, 0.2) is 18.2 Å². The molecule has 6 heteroatoms. The van der Waals surface area contributed by atoms with Crippen molar-refractivity contribution in [2.45, 2.75) is 46.1 Å². The lowest BCUT2D eigenvalue weighted by atomic mass is 9.78. The van der Waals surface area contributed by atoms with Crippen LogP contribution in [0.4, 0.5) is 5.69 Å². The number of nitrogens with one attached hydrogen (secondary N) is 1. The van der Waals surface area contributed by atoms with Crippen LogP contribution in [0.1, 0.15) is 38.7 Å². The maximum Gasteiger partial charge on any atom is 0.311 e. The van der Waals surface area contributed by atoms with Gasteiger partial charge in [-0.3, -0.25) is 14.9 Å². The zero-order valence-electron chi connectivity index (χ0n) is 13.9. The normalized spacial score (nSPS) is 24.0. The lowest BCUT2D eigenvalue weighted by Gasteiger charge is -2.34. The molecular formula is C17H24N2O4. The van der Waals surface area contributed by atoms with E-state index in [1.807, 2.05) is 0 Å². The Morgan fingerprint density at radius 3 is 2.83 bits per heavy atom. The number of hydrogen-bond donors (Lipinski definition) is 1. The number of aryl methyl sites for hydroxylation is 1. The number of ether oxygens (including phenoxy) is 1. The van der Waals surface area contributed by atoms with E-state index in [9.17, 15) is 14.9 Å². The van der Waals surface area contributed by atoms with Crippen LogP contribution in [-0.2, 0) is 4.79 Å². The Bertz CT molecular complexity index is 588. The van der Waals surface area contributed by atoms with Crippen LogP contribution in [0.25, 0.3) is 0 Å². The summed E-state index contributed by atoms with van der Waals surface area (Å²) in [6.07, 6.45) is 3.28. The molecule has 6 nitrogen and oxygen atoms in total. The monoisotopic (exact) mass is 320 g/mol. The van der Waals surface area contributed by atoms with Gasteiger partial charge in [0.15, 0.2) is 12.4 Å². The number of nitro groups is 1. The van der Waals surface area contributed by atoms with Crippen molar-refractivity contribution >= 4 is 11.6 Å². The van der Waals surface area contributed by atoms with Gasteiger partial charge in [0.2, 0.25) is 0 Å². The molecule has 2 rings (SSSR count). The summed E-state index contributed by atoms with van der Waals surface area (Å²) >= 11 is 0. The van der Waals surface area contributed by atoms with Gasteiger partial charge in [0, 0.05) is 12.1 Å². The summed E-state index contributed by atoms with van der Waals surface area (Å²) in [6.45, 7) is 5.92. The molecule has 1 aromatic carbocycles. The molecule has 1 saturated carbocycles. The highest BCUT2D eigenvalue weighted by atomic mass is 16.6.